The van der Waals surface area contributed by atoms with Crippen molar-refractivity contribution < 1.29 is 22.7 Å². The molecule has 9 heteroatoms. The van der Waals surface area contributed by atoms with Gasteiger partial charge in [-0.3, -0.25) is 20.4 Å². The maximum Gasteiger partial charge on any atom is 0.279 e. The van der Waals surface area contributed by atoms with Crippen LogP contribution >= 0.6 is 0 Å². The number of carbonyl (C=O) groups is 2. The van der Waals surface area contributed by atoms with E-state index in [1.54, 1.807) is 13.0 Å². The first-order valence-corrected chi connectivity index (χ1v) is 10.5. The summed E-state index contributed by atoms with van der Waals surface area (Å²) in [7, 11) is -3.75. The van der Waals surface area contributed by atoms with Gasteiger partial charge in [0.1, 0.15) is 5.75 Å². The minimum atomic E-state index is -3.75. The van der Waals surface area contributed by atoms with E-state index in [-0.39, 0.29) is 17.0 Å². The Morgan fingerprint density at radius 3 is 2.40 bits per heavy atom. The normalized spacial score (nSPS) is 11.8. The van der Waals surface area contributed by atoms with Gasteiger partial charge in [-0.1, -0.05) is 18.1 Å². The van der Waals surface area contributed by atoms with Crippen LogP contribution in [-0.4, -0.2) is 32.9 Å². The molecule has 8 nitrogen and oxygen atoms in total. The number of nitrogens with one attached hydrogen (secondary N) is 3. The molecule has 0 radical (unpaired) electrons. The molecule has 0 spiro atoms. The number of terminal acetylenes is 1. The molecular formula is C21H23N3O5S. The van der Waals surface area contributed by atoms with Gasteiger partial charge in [-0.05, 0) is 62.2 Å². The van der Waals surface area contributed by atoms with Crippen LogP contribution in [-0.2, 0) is 14.8 Å². The van der Waals surface area contributed by atoms with Crippen LogP contribution in [0.1, 0.15) is 28.4 Å². The molecule has 0 fully saturated rings. The van der Waals surface area contributed by atoms with E-state index < -0.39 is 27.9 Å². The Labute approximate surface area is 176 Å². The Morgan fingerprint density at radius 2 is 1.77 bits per heavy atom. The summed E-state index contributed by atoms with van der Waals surface area (Å²) in [6, 6.07) is 10.7. The maximum absolute atomic E-state index is 12.2. The summed E-state index contributed by atoms with van der Waals surface area (Å²) in [4.78, 5) is 24.4. The molecule has 2 aromatic carbocycles. The Balaban J connectivity index is 1.94. The van der Waals surface area contributed by atoms with Crippen LogP contribution < -0.4 is 20.3 Å². The van der Waals surface area contributed by atoms with Crippen molar-refractivity contribution >= 4 is 21.8 Å². The summed E-state index contributed by atoms with van der Waals surface area (Å²) < 4.78 is 31.8. The lowest BCUT2D eigenvalue weighted by atomic mass is 10.1. The third-order valence-electron chi connectivity index (χ3n) is 4.32. The zero-order valence-electron chi connectivity index (χ0n) is 16.9. The van der Waals surface area contributed by atoms with Crippen molar-refractivity contribution in [2.24, 2.45) is 0 Å². The third-order valence-corrected chi connectivity index (χ3v) is 5.74. The molecule has 2 amide bonds. The number of hydrazine groups is 1. The van der Waals surface area contributed by atoms with E-state index in [0.717, 1.165) is 11.1 Å². The number of sulfonamides is 1. The lowest BCUT2D eigenvalue weighted by Gasteiger charge is -2.17. The highest BCUT2D eigenvalue weighted by molar-refractivity contribution is 7.89. The predicted molar refractivity (Wildman–Crippen MR) is 112 cm³/mol. The van der Waals surface area contributed by atoms with Crippen molar-refractivity contribution in [2.45, 2.75) is 31.8 Å². The number of hydrogen-bond acceptors (Lipinski definition) is 5. The minimum Gasteiger partial charge on any atom is -0.481 e. The SMILES string of the molecule is C#CCNS(=O)(=O)c1ccc(C(=O)NNC(=O)C(C)Oc2cccc(C)c2C)cc1. The van der Waals surface area contributed by atoms with Crippen LogP contribution in [0.2, 0.25) is 0 Å². The highest BCUT2D eigenvalue weighted by Crippen LogP contribution is 2.21. The summed E-state index contributed by atoms with van der Waals surface area (Å²) in [5, 5.41) is 0. The Bertz CT molecular complexity index is 1070. The van der Waals surface area contributed by atoms with Crippen LogP contribution in [0.25, 0.3) is 0 Å². The van der Waals surface area contributed by atoms with Gasteiger partial charge in [-0.25, -0.2) is 8.42 Å². The van der Waals surface area contributed by atoms with Crippen LogP contribution in [0.5, 0.6) is 5.75 Å². The van der Waals surface area contributed by atoms with Crippen molar-refractivity contribution in [3.8, 4) is 18.1 Å². The fraction of sp³-hybridized carbons (Fsp3) is 0.238. The smallest absolute Gasteiger partial charge is 0.279 e. The van der Waals surface area contributed by atoms with Crippen LogP contribution in [0, 0.1) is 26.2 Å². The summed E-state index contributed by atoms with van der Waals surface area (Å²) >= 11 is 0. The van der Waals surface area contributed by atoms with Gasteiger partial charge >= 0.3 is 0 Å². The fourth-order valence-corrected chi connectivity index (χ4v) is 3.33. The first-order valence-electron chi connectivity index (χ1n) is 9.02. The quantitative estimate of drug-likeness (QED) is 0.455. The van der Waals surface area contributed by atoms with Gasteiger partial charge in [0.25, 0.3) is 11.8 Å². The molecule has 0 aliphatic heterocycles. The minimum absolute atomic E-state index is 0.0334. The standard InChI is InChI=1S/C21H23N3O5S/c1-5-13-22-30(27,28)18-11-9-17(10-12-18)21(26)24-23-20(25)16(4)29-19-8-6-7-14(2)15(19)3/h1,6-12,16,22H,13H2,2-4H3,(H,23,25)(H,24,26). The number of carbonyl (C=O) groups excluding carboxylic acids is 2. The molecule has 30 heavy (non-hydrogen) atoms. The molecule has 0 aliphatic carbocycles. The fourth-order valence-electron chi connectivity index (χ4n) is 2.39. The van der Waals surface area contributed by atoms with Crippen molar-refractivity contribution in [1.29, 1.82) is 0 Å². The van der Waals surface area contributed by atoms with Crippen LogP contribution in [0.3, 0.4) is 0 Å². The highest BCUT2D eigenvalue weighted by Gasteiger charge is 2.18. The van der Waals surface area contributed by atoms with E-state index >= 15 is 0 Å². The van der Waals surface area contributed by atoms with Crippen molar-refractivity contribution in [1.82, 2.24) is 15.6 Å². The molecule has 0 saturated heterocycles. The number of amides is 2. The topological polar surface area (TPSA) is 114 Å². The molecule has 0 aliphatic rings. The Morgan fingerprint density at radius 1 is 1.10 bits per heavy atom. The zero-order valence-corrected chi connectivity index (χ0v) is 17.7. The average molecular weight is 429 g/mol. The van der Waals surface area contributed by atoms with Crippen molar-refractivity contribution in [3.05, 3.63) is 59.2 Å². The van der Waals surface area contributed by atoms with E-state index in [2.05, 4.69) is 21.5 Å². The first kappa shape index (κ1) is 22.9. The van der Waals surface area contributed by atoms with Crippen LogP contribution in [0.15, 0.2) is 47.4 Å². The lowest BCUT2D eigenvalue weighted by Crippen LogP contribution is -2.47. The monoisotopic (exact) mass is 429 g/mol. The number of ether oxygens (including phenoxy) is 1. The second-order valence-electron chi connectivity index (χ2n) is 6.45. The van der Waals surface area contributed by atoms with E-state index in [4.69, 9.17) is 11.2 Å². The van der Waals surface area contributed by atoms with E-state index in [1.165, 1.54) is 24.3 Å². The molecule has 0 saturated carbocycles. The summed E-state index contributed by atoms with van der Waals surface area (Å²) in [5.41, 5.74) is 6.69. The molecule has 0 bridgehead atoms. The van der Waals surface area contributed by atoms with E-state index in [9.17, 15) is 18.0 Å². The molecule has 3 N–H and O–H groups in total. The average Bonchev–Trinajstić information content (AvgIpc) is 2.73. The van der Waals surface area contributed by atoms with Gasteiger partial charge in [0, 0.05) is 5.56 Å². The van der Waals surface area contributed by atoms with Gasteiger partial charge in [0.2, 0.25) is 10.0 Å². The molecule has 1 unspecified atom stereocenters. The Hall–Kier alpha value is -3.35. The first-order chi connectivity index (χ1) is 14.2. The number of hydrogen-bond donors (Lipinski definition) is 3. The molecule has 2 rings (SSSR count). The zero-order chi connectivity index (χ0) is 22.3. The Kier molecular flexibility index (Phi) is 7.58. The number of benzene rings is 2. The largest absolute Gasteiger partial charge is 0.481 e. The molecule has 1 atom stereocenters. The van der Waals surface area contributed by atoms with Gasteiger partial charge in [0.15, 0.2) is 6.10 Å². The molecule has 158 valence electrons. The van der Waals surface area contributed by atoms with Crippen LogP contribution in [0.4, 0.5) is 0 Å². The second-order valence-corrected chi connectivity index (χ2v) is 8.22. The lowest BCUT2D eigenvalue weighted by molar-refractivity contribution is -0.128. The van der Waals surface area contributed by atoms with Gasteiger partial charge in [0.05, 0.1) is 11.4 Å². The van der Waals surface area contributed by atoms with Gasteiger partial charge in [-0.2, -0.15) is 4.72 Å². The van der Waals surface area contributed by atoms with Crippen molar-refractivity contribution in [2.75, 3.05) is 6.54 Å². The maximum atomic E-state index is 12.2. The summed E-state index contributed by atoms with van der Waals surface area (Å²) in [6.07, 6.45) is 4.19. The summed E-state index contributed by atoms with van der Waals surface area (Å²) in [6.45, 7) is 5.25. The predicted octanol–water partition coefficient (Wildman–Crippen LogP) is 1.44. The highest BCUT2D eigenvalue weighted by atomic mass is 32.2. The molecule has 0 aromatic heterocycles. The summed E-state index contributed by atoms with van der Waals surface area (Å²) in [5.74, 6) is 1.61. The molecule has 2 aromatic rings. The number of rotatable bonds is 7. The number of aryl methyl sites for hydroxylation is 1. The van der Waals surface area contributed by atoms with E-state index in [0.29, 0.717) is 5.75 Å². The van der Waals surface area contributed by atoms with Gasteiger partial charge in [-0.15, -0.1) is 6.42 Å². The molecular weight excluding hydrogens is 406 g/mol. The second kappa shape index (κ2) is 9.91. The van der Waals surface area contributed by atoms with Gasteiger partial charge < -0.3 is 4.74 Å². The van der Waals surface area contributed by atoms with E-state index in [1.807, 2.05) is 26.0 Å². The van der Waals surface area contributed by atoms with Crippen molar-refractivity contribution in [3.63, 3.8) is 0 Å². The third kappa shape index (κ3) is 5.83. The molecule has 0 heterocycles.